The second-order valence-corrected chi connectivity index (χ2v) is 7.15. The number of hydrogen-bond donors (Lipinski definition) is 1. The van der Waals surface area contributed by atoms with Crippen LogP contribution in [0.15, 0.2) is 0 Å². The van der Waals surface area contributed by atoms with Gasteiger partial charge in [0.25, 0.3) is 0 Å². The highest BCUT2D eigenvalue weighted by Gasteiger charge is 2.17. The number of nitrogens with zero attached hydrogens (tertiary/aromatic N) is 2. The summed E-state index contributed by atoms with van der Waals surface area (Å²) >= 11 is 1.84. The Bertz CT molecular complexity index is 412. The zero-order valence-electron chi connectivity index (χ0n) is 13.7. The molecule has 4 nitrogen and oxygen atoms in total. The molecule has 21 heavy (non-hydrogen) atoms. The van der Waals surface area contributed by atoms with E-state index in [1.165, 1.54) is 42.1 Å². The number of methoxy groups -OCH3 is 1. The van der Waals surface area contributed by atoms with Crippen LogP contribution in [-0.2, 0) is 17.9 Å². The lowest BCUT2D eigenvalue weighted by molar-refractivity contribution is 0.181. The van der Waals surface area contributed by atoms with Crippen molar-refractivity contribution in [3.8, 4) is 0 Å². The molecular formula is C16H29N3OS. The molecule has 0 saturated carbocycles. The van der Waals surface area contributed by atoms with Crippen LogP contribution in [0.2, 0.25) is 0 Å². The third-order valence-corrected chi connectivity index (χ3v) is 5.00. The quantitative estimate of drug-likeness (QED) is 0.871. The first-order valence-corrected chi connectivity index (χ1v) is 8.98. The summed E-state index contributed by atoms with van der Waals surface area (Å²) in [5, 5.41) is 4.68. The summed E-state index contributed by atoms with van der Waals surface area (Å²) in [4.78, 5) is 8.65. The van der Waals surface area contributed by atoms with Crippen molar-refractivity contribution in [2.45, 2.75) is 65.1 Å². The van der Waals surface area contributed by atoms with Crippen LogP contribution in [0.1, 0.15) is 56.5 Å². The van der Waals surface area contributed by atoms with E-state index in [9.17, 15) is 0 Å². The first-order valence-electron chi connectivity index (χ1n) is 8.16. The SMILES string of the molecule is COCc1nc(N2CCCCCCC2)sc1CNC(C)C. The van der Waals surface area contributed by atoms with E-state index in [4.69, 9.17) is 9.72 Å². The summed E-state index contributed by atoms with van der Waals surface area (Å²) in [6.07, 6.45) is 6.69. The summed E-state index contributed by atoms with van der Waals surface area (Å²) in [7, 11) is 1.74. The summed E-state index contributed by atoms with van der Waals surface area (Å²) in [5.41, 5.74) is 1.10. The molecule has 0 unspecified atom stereocenters. The topological polar surface area (TPSA) is 37.4 Å². The summed E-state index contributed by atoms with van der Waals surface area (Å²) in [6.45, 7) is 8.15. The van der Waals surface area contributed by atoms with Gasteiger partial charge in [0.2, 0.25) is 0 Å². The Balaban J connectivity index is 2.08. The number of nitrogens with one attached hydrogen (secondary N) is 1. The Kier molecular flexibility index (Phi) is 6.93. The standard InChI is InChI=1S/C16H29N3OS/c1-13(2)17-11-15-14(12-20-3)18-16(21-15)19-9-7-5-4-6-8-10-19/h13,17H,4-12H2,1-3H3. The predicted molar refractivity (Wildman–Crippen MR) is 90.1 cm³/mol. The molecule has 0 radical (unpaired) electrons. The lowest BCUT2D eigenvalue weighted by atomic mass is 10.1. The maximum atomic E-state index is 5.32. The van der Waals surface area contributed by atoms with Gasteiger partial charge in [0.1, 0.15) is 0 Å². The van der Waals surface area contributed by atoms with Gasteiger partial charge in [-0.2, -0.15) is 0 Å². The van der Waals surface area contributed by atoms with Crippen molar-refractivity contribution >= 4 is 16.5 Å². The van der Waals surface area contributed by atoms with E-state index in [0.717, 1.165) is 25.3 Å². The zero-order chi connectivity index (χ0) is 15.1. The van der Waals surface area contributed by atoms with E-state index < -0.39 is 0 Å². The first-order chi connectivity index (χ1) is 10.2. The first kappa shape index (κ1) is 16.7. The van der Waals surface area contributed by atoms with Crippen LogP contribution in [0, 0.1) is 0 Å². The maximum absolute atomic E-state index is 5.32. The van der Waals surface area contributed by atoms with Gasteiger partial charge in [-0.3, -0.25) is 0 Å². The molecule has 0 atom stereocenters. The number of hydrogen-bond acceptors (Lipinski definition) is 5. The molecular weight excluding hydrogens is 282 g/mol. The van der Waals surface area contributed by atoms with Gasteiger partial charge in [-0.15, -0.1) is 11.3 Å². The van der Waals surface area contributed by atoms with Crippen LogP contribution in [0.3, 0.4) is 0 Å². The maximum Gasteiger partial charge on any atom is 0.185 e. The van der Waals surface area contributed by atoms with Crippen LogP contribution in [0.5, 0.6) is 0 Å². The van der Waals surface area contributed by atoms with E-state index in [1.807, 2.05) is 11.3 Å². The fourth-order valence-corrected chi connectivity index (χ4v) is 3.69. The molecule has 0 bridgehead atoms. The van der Waals surface area contributed by atoms with E-state index in [-0.39, 0.29) is 0 Å². The molecule has 0 aliphatic carbocycles. The van der Waals surface area contributed by atoms with Gasteiger partial charge in [-0.25, -0.2) is 4.98 Å². The molecule has 1 aromatic rings. The lowest BCUT2D eigenvalue weighted by Crippen LogP contribution is -2.26. The number of aromatic nitrogens is 1. The molecule has 0 aromatic carbocycles. The van der Waals surface area contributed by atoms with Crippen molar-refractivity contribution in [2.75, 3.05) is 25.1 Å². The molecule has 2 heterocycles. The summed E-state index contributed by atoms with van der Waals surface area (Å²) < 4.78 is 5.32. The fourth-order valence-electron chi connectivity index (χ4n) is 2.63. The second kappa shape index (κ2) is 8.71. The minimum absolute atomic E-state index is 0.493. The Hall–Kier alpha value is -0.650. The van der Waals surface area contributed by atoms with Crippen molar-refractivity contribution in [3.05, 3.63) is 10.6 Å². The van der Waals surface area contributed by atoms with Gasteiger partial charge in [-0.05, 0) is 12.8 Å². The Morgan fingerprint density at radius 1 is 1.19 bits per heavy atom. The summed E-state index contributed by atoms with van der Waals surface area (Å²) in [5.74, 6) is 0. The van der Waals surface area contributed by atoms with Crippen LogP contribution in [0.25, 0.3) is 0 Å². The largest absolute Gasteiger partial charge is 0.378 e. The minimum atomic E-state index is 0.493. The average molecular weight is 311 g/mol. The fraction of sp³-hybridized carbons (Fsp3) is 0.812. The van der Waals surface area contributed by atoms with Gasteiger partial charge >= 0.3 is 0 Å². The molecule has 1 N–H and O–H groups in total. The van der Waals surface area contributed by atoms with Crippen LogP contribution >= 0.6 is 11.3 Å². The zero-order valence-corrected chi connectivity index (χ0v) is 14.5. The van der Waals surface area contributed by atoms with E-state index in [0.29, 0.717) is 12.6 Å². The third kappa shape index (κ3) is 5.24. The molecule has 2 rings (SSSR count). The van der Waals surface area contributed by atoms with Gasteiger partial charge in [0.15, 0.2) is 5.13 Å². The van der Waals surface area contributed by atoms with Gasteiger partial charge in [-0.1, -0.05) is 33.1 Å². The van der Waals surface area contributed by atoms with E-state index in [1.54, 1.807) is 7.11 Å². The molecule has 1 fully saturated rings. The number of thiazole rings is 1. The van der Waals surface area contributed by atoms with E-state index in [2.05, 4.69) is 24.1 Å². The van der Waals surface area contributed by atoms with Crippen molar-refractivity contribution in [3.63, 3.8) is 0 Å². The highest BCUT2D eigenvalue weighted by Crippen LogP contribution is 2.28. The van der Waals surface area contributed by atoms with Crippen molar-refractivity contribution < 1.29 is 4.74 Å². The smallest absolute Gasteiger partial charge is 0.185 e. The number of anilines is 1. The van der Waals surface area contributed by atoms with Gasteiger partial charge < -0.3 is 15.0 Å². The molecule has 1 aliphatic heterocycles. The van der Waals surface area contributed by atoms with Gasteiger partial charge in [0, 0.05) is 37.7 Å². The molecule has 0 amide bonds. The van der Waals surface area contributed by atoms with Crippen LogP contribution < -0.4 is 10.2 Å². The highest BCUT2D eigenvalue weighted by molar-refractivity contribution is 7.15. The summed E-state index contributed by atoms with van der Waals surface area (Å²) in [6, 6.07) is 0.493. The normalized spacial score (nSPS) is 17.0. The third-order valence-electron chi connectivity index (χ3n) is 3.85. The number of ether oxygens (including phenoxy) is 1. The van der Waals surface area contributed by atoms with Crippen molar-refractivity contribution in [1.82, 2.24) is 10.3 Å². The molecule has 5 heteroatoms. The minimum Gasteiger partial charge on any atom is -0.378 e. The highest BCUT2D eigenvalue weighted by atomic mass is 32.1. The van der Waals surface area contributed by atoms with Crippen LogP contribution in [0.4, 0.5) is 5.13 Å². The molecule has 1 aromatic heterocycles. The monoisotopic (exact) mass is 311 g/mol. The molecule has 0 spiro atoms. The molecule has 1 saturated heterocycles. The Labute approximate surface area is 132 Å². The molecule has 120 valence electrons. The van der Waals surface area contributed by atoms with Gasteiger partial charge in [0.05, 0.1) is 12.3 Å². The second-order valence-electron chi connectivity index (χ2n) is 6.09. The molecule has 1 aliphatic rings. The number of rotatable bonds is 6. The van der Waals surface area contributed by atoms with E-state index >= 15 is 0 Å². The Morgan fingerprint density at radius 2 is 1.86 bits per heavy atom. The lowest BCUT2D eigenvalue weighted by Gasteiger charge is -2.23. The predicted octanol–water partition coefficient (Wildman–Crippen LogP) is 3.56. The van der Waals surface area contributed by atoms with Crippen LogP contribution in [-0.4, -0.2) is 31.2 Å². The van der Waals surface area contributed by atoms with Crippen molar-refractivity contribution in [1.29, 1.82) is 0 Å². The Morgan fingerprint density at radius 3 is 2.48 bits per heavy atom. The van der Waals surface area contributed by atoms with Crippen molar-refractivity contribution in [2.24, 2.45) is 0 Å². The average Bonchev–Trinajstić information content (AvgIpc) is 2.79.